The normalized spacial score (nSPS) is 22.8. The topological polar surface area (TPSA) is 75.7 Å². The second kappa shape index (κ2) is 8.99. The fraction of sp³-hybridized carbons (Fsp3) is 0.571. The Balaban J connectivity index is 1.85. The summed E-state index contributed by atoms with van der Waals surface area (Å²) < 4.78 is 5.34. The number of hydrogen-bond donors (Lipinski definition) is 1. The molecule has 3 rings (SSSR count). The molecule has 3 amide bonds. The highest BCUT2D eigenvalue weighted by molar-refractivity contribution is 7.98. The number of ether oxygens (including phenoxy) is 1. The quantitative estimate of drug-likeness (QED) is 0.706. The number of nitrogens with zero attached hydrogens (tertiary/aromatic N) is 1. The Bertz CT molecular complexity index is 743. The number of thioether (sulfide) groups is 1. The lowest BCUT2D eigenvalue weighted by Gasteiger charge is -2.26. The molecule has 0 unspecified atom stereocenters. The van der Waals surface area contributed by atoms with Crippen molar-refractivity contribution in [2.75, 3.05) is 24.4 Å². The van der Waals surface area contributed by atoms with E-state index in [4.69, 9.17) is 4.74 Å². The Labute approximate surface area is 170 Å². The maximum Gasteiger partial charge on any atom is 0.247 e. The first-order chi connectivity index (χ1) is 13.5. The van der Waals surface area contributed by atoms with Crippen molar-refractivity contribution in [3.05, 3.63) is 23.8 Å². The number of hydrogen-bond acceptors (Lipinski definition) is 5. The van der Waals surface area contributed by atoms with E-state index in [1.54, 1.807) is 24.9 Å². The summed E-state index contributed by atoms with van der Waals surface area (Å²) in [6.07, 6.45) is 5.82. The molecule has 0 spiro atoms. The fourth-order valence-corrected chi connectivity index (χ4v) is 4.70. The van der Waals surface area contributed by atoms with Crippen LogP contribution in [0.2, 0.25) is 0 Å². The summed E-state index contributed by atoms with van der Waals surface area (Å²) in [7, 11) is 1.55. The van der Waals surface area contributed by atoms with E-state index in [9.17, 15) is 14.4 Å². The molecule has 0 bridgehead atoms. The number of nitrogens with one attached hydrogen (secondary N) is 1. The summed E-state index contributed by atoms with van der Waals surface area (Å²) in [6, 6.07) is 4.74. The van der Waals surface area contributed by atoms with E-state index >= 15 is 0 Å². The second-order valence-electron chi connectivity index (χ2n) is 7.53. The lowest BCUT2D eigenvalue weighted by molar-refractivity contribution is -0.146. The van der Waals surface area contributed by atoms with Gasteiger partial charge in [-0.05, 0) is 55.9 Å². The van der Waals surface area contributed by atoms with Crippen molar-refractivity contribution in [1.82, 2.24) is 4.90 Å². The lowest BCUT2D eigenvalue weighted by atomic mass is 9.81. The van der Waals surface area contributed by atoms with Gasteiger partial charge in [-0.15, -0.1) is 0 Å². The highest BCUT2D eigenvalue weighted by Crippen LogP contribution is 2.39. The molecule has 1 aliphatic heterocycles. The molecular weight excluding hydrogens is 376 g/mol. The number of imide groups is 1. The summed E-state index contributed by atoms with van der Waals surface area (Å²) >= 11 is 1.60. The van der Waals surface area contributed by atoms with Crippen molar-refractivity contribution < 1.29 is 19.1 Å². The van der Waals surface area contributed by atoms with Crippen LogP contribution in [0.3, 0.4) is 0 Å². The summed E-state index contributed by atoms with van der Waals surface area (Å²) in [4.78, 5) is 40.4. The number of anilines is 1. The minimum Gasteiger partial charge on any atom is -0.495 e. The maximum absolute atomic E-state index is 13.2. The highest BCUT2D eigenvalue weighted by Gasteiger charge is 2.51. The second-order valence-corrected chi connectivity index (χ2v) is 8.52. The number of aryl methyl sites for hydroxylation is 1. The van der Waals surface area contributed by atoms with E-state index < -0.39 is 6.04 Å². The van der Waals surface area contributed by atoms with Crippen LogP contribution in [0.25, 0.3) is 0 Å². The van der Waals surface area contributed by atoms with Gasteiger partial charge in [0.05, 0.1) is 24.6 Å². The van der Waals surface area contributed by atoms with Crippen molar-refractivity contribution in [3.63, 3.8) is 0 Å². The fourth-order valence-electron chi connectivity index (χ4n) is 4.24. The largest absolute Gasteiger partial charge is 0.495 e. The molecule has 1 N–H and O–H groups in total. The van der Waals surface area contributed by atoms with Crippen LogP contribution in [-0.2, 0) is 14.4 Å². The first kappa shape index (κ1) is 20.7. The average Bonchev–Trinajstić information content (AvgIpc) is 2.94. The zero-order valence-electron chi connectivity index (χ0n) is 16.7. The Morgan fingerprint density at radius 3 is 2.46 bits per heavy atom. The van der Waals surface area contributed by atoms with Crippen LogP contribution in [0, 0.1) is 18.8 Å². The van der Waals surface area contributed by atoms with Crippen LogP contribution in [0.4, 0.5) is 5.69 Å². The van der Waals surface area contributed by atoms with Gasteiger partial charge in [-0.3, -0.25) is 19.3 Å². The van der Waals surface area contributed by atoms with E-state index in [0.29, 0.717) is 23.6 Å². The van der Waals surface area contributed by atoms with Crippen LogP contribution < -0.4 is 10.1 Å². The van der Waals surface area contributed by atoms with E-state index in [2.05, 4.69) is 5.32 Å². The molecular formula is C21H28N2O4S. The van der Waals surface area contributed by atoms with Crippen LogP contribution in [-0.4, -0.2) is 47.8 Å². The predicted molar refractivity (Wildman–Crippen MR) is 110 cm³/mol. The molecule has 0 radical (unpaired) electrons. The predicted octanol–water partition coefficient (Wildman–Crippen LogP) is 3.24. The minimum absolute atomic E-state index is 0.174. The third kappa shape index (κ3) is 4.04. The van der Waals surface area contributed by atoms with E-state index in [0.717, 1.165) is 31.2 Å². The molecule has 1 saturated heterocycles. The van der Waals surface area contributed by atoms with Gasteiger partial charge in [0.1, 0.15) is 11.8 Å². The number of methoxy groups -OCH3 is 1. The molecule has 28 heavy (non-hydrogen) atoms. The smallest absolute Gasteiger partial charge is 0.247 e. The molecule has 1 saturated carbocycles. The van der Waals surface area contributed by atoms with E-state index in [-0.39, 0.29) is 29.6 Å². The number of rotatable bonds is 7. The van der Waals surface area contributed by atoms with Crippen molar-refractivity contribution >= 4 is 35.2 Å². The first-order valence-corrected chi connectivity index (χ1v) is 11.2. The molecule has 1 heterocycles. The summed E-state index contributed by atoms with van der Waals surface area (Å²) in [5.41, 5.74) is 1.54. The Kier molecular flexibility index (Phi) is 6.65. The van der Waals surface area contributed by atoms with Crippen molar-refractivity contribution in [2.24, 2.45) is 11.8 Å². The minimum atomic E-state index is -0.789. The van der Waals surface area contributed by atoms with Gasteiger partial charge in [0, 0.05) is 0 Å². The zero-order valence-corrected chi connectivity index (χ0v) is 17.5. The van der Waals surface area contributed by atoms with Gasteiger partial charge in [0.15, 0.2) is 0 Å². The monoisotopic (exact) mass is 404 g/mol. The molecule has 3 atom stereocenters. The number of carbonyl (C=O) groups excluding carboxylic acids is 3. The van der Waals surface area contributed by atoms with E-state index in [1.165, 1.54) is 4.90 Å². The van der Waals surface area contributed by atoms with Crippen LogP contribution in [0.5, 0.6) is 5.75 Å². The third-order valence-electron chi connectivity index (χ3n) is 5.70. The summed E-state index contributed by atoms with van der Waals surface area (Å²) in [5.74, 6) is 0.0571. The number of carbonyl (C=O) groups is 3. The zero-order chi connectivity index (χ0) is 20.3. The Morgan fingerprint density at radius 2 is 1.89 bits per heavy atom. The molecule has 7 heteroatoms. The number of amides is 3. The molecule has 1 aromatic rings. The van der Waals surface area contributed by atoms with Crippen LogP contribution >= 0.6 is 11.8 Å². The van der Waals surface area contributed by atoms with Crippen LogP contribution in [0.1, 0.15) is 37.7 Å². The van der Waals surface area contributed by atoms with Gasteiger partial charge in [-0.25, -0.2) is 0 Å². The van der Waals surface area contributed by atoms with E-state index in [1.807, 2.05) is 25.3 Å². The molecule has 2 aliphatic rings. The van der Waals surface area contributed by atoms with Gasteiger partial charge in [0.2, 0.25) is 17.7 Å². The SMILES string of the molecule is COc1ccc(C)cc1NC(=O)[C@H](CCSC)N1C(=O)[C@H]2CCCC[C@H]2C1=O. The van der Waals surface area contributed by atoms with Crippen molar-refractivity contribution in [2.45, 2.75) is 45.1 Å². The number of benzene rings is 1. The average molecular weight is 405 g/mol. The Hall–Kier alpha value is -2.02. The third-order valence-corrected chi connectivity index (χ3v) is 6.34. The highest BCUT2D eigenvalue weighted by atomic mass is 32.2. The first-order valence-electron chi connectivity index (χ1n) is 9.79. The molecule has 1 aromatic carbocycles. The van der Waals surface area contributed by atoms with Crippen molar-refractivity contribution in [3.8, 4) is 5.75 Å². The number of fused-ring (bicyclic) bond motifs is 1. The molecule has 152 valence electrons. The summed E-state index contributed by atoms with van der Waals surface area (Å²) in [5, 5.41) is 2.89. The Morgan fingerprint density at radius 1 is 1.25 bits per heavy atom. The maximum atomic E-state index is 13.2. The molecule has 0 aromatic heterocycles. The lowest BCUT2D eigenvalue weighted by Crippen LogP contribution is -2.48. The number of likely N-dealkylation sites (tertiary alicyclic amines) is 1. The molecule has 1 aliphatic carbocycles. The van der Waals surface area contributed by atoms with Crippen molar-refractivity contribution in [1.29, 1.82) is 0 Å². The van der Waals surface area contributed by atoms with Gasteiger partial charge in [-0.2, -0.15) is 11.8 Å². The molecule has 6 nitrogen and oxygen atoms in total. The van der Waals surface area contributed by atoms with Gasteiger partial charge in [-0.1, -0.05) is 18.9 Å². The van der Waals surface area contributed by atoms with Gasteiger partial charge in [0.25, 0.3) is 0 Å². The van der Waals surface area contributed by atoms with Crippen LogP contribution in [0.15, 0.2) is 18.2 Å². The van der Waals surface area contributed by atoms with Gasteiger partial charge >= 0.3 is 0 Å². The van der Waals surface area contributed by atoms with Gasteiger partial charge < -0.3 is 10.1 Å². The molecule has 2 fully saturated rings. The summed E-state index contributed by atoms with van der Waals surface area (Å²) in [6.45, 7) is 1.93. The standard InChI is InChI=1S/C21H28N2O4S/c1-13-8-9-18(27-2)16(12-13)22-19(24)17(10-11-28-3)23-20(25)14-6-4-5-7-15(14)21(23)26/h8-9,12,14-15,17H,4-7,10-11H2,1-3H3,(H,22,24)/t14-,15+,17-/m0/s1.